The third-order valence-electron chi connectivity index (χ3n) is 5.98. The van der Waals surface area contributed by atoms with E-state index in [1.54, 1.807) is 4.90 Å². The molecule has 4 rings (SSSR count). The van der Waals surface area contributed by atoms with Gasteiger partial charge in [0, 0.05) is 37.5 Å². The lowest BCUT2D eigenvalue weighted by Gasteiger charge is -2.28. The maximum atomic E-state index is 12.7. The van der Waals surface area contributed by atoms with E-state index in [9.17, 15) is 4.79 Å². The van der Waals surface area contributed by atoms with E-state index in [2.05, 4.69) is 0 Å². The van der Waals surface area contributed by atoms with Gasteiger partial charge in [-0.15, -0.1) is 0 Å². The first-order valence-corrected chi connectivity index (χ1v) is 11.9. The van der Waals surface area contributed by atoms with Crippen LogP contribution in [-0.2, 0) is 22.4 Å². The predicted molar refractivity (Wildman–Crippen MR) is 124 cm³/mol. The first-order chi connectivity index (χ1) is 15.3. The van der Waals surface area contributed by atoms with Crippen LogP contribution in [0.5, 0.6) is 0 Å². The van der Waals surface area contributed by atoms with Gasteiger partial charge < -0.3 is 14.4 Å². The van der Waals surface area contributed by atoms with Crippen LogP contribution in [0, 0.1) is 11.8 Å². The Morgan fingerprint density at radius 2 is 2.03 bits per heavy atom. The SMILES string of the molecule is CC(C)(C)OC(=O)N1CCOCC(Cc2nc(-c3ccccc3Cl)nn2CC2CCC2)C1. The van der Waals surface area contributed by atoms with Crippen LogP contribution in [0.3, 0.4) is 0 Å². The monoisotopic (exact) mass is 460 g/mol. The molecule has 1 saturated carbocycles. The summed E-state index contributed by atoms with van der Waals surface area (Å²) in [6, 6.07) is 7.67. The smallest absolute Gasteiger partial charge is 0.410 e. The van der Waals surface area contributed by atoms with Gasteiger partial charge in [-0.05, 0) is 51.7 Å². The fraction of sp³-hybridized carbons (Fsp3) is 0.625. The number of rotatable bonds is 5. The number of carbonyl (C=O) groups is 1. The molecule has 2 fully saturated rings. The molecule has 1 atom stereocenters. The number of nitrogens with zero attached hydrogens (tertiary/aromatic N) is 4. The van der Waals surface area contributed by atoms with Gasteiger partial charge in [-0.25, -0.2) is 14.5 Å². The van der Waals surface area contributed by atoms with Crippen molar-refractivity contribution in [3.8, 4) is 11.4 Å². The first kappa shape index (κ1) is 23.1. The number of hydrogen-bond donors (Lipinski definition) is 0. The van der Waals surface area contributed by atoms with E-state index in [1.807, 2.05) is 49.7 Å². The quantitative estimate of drug-likeness (QED) is 0.639. The molecule has 0 radical (unpaired) electrons. The van der Waals surface area contributed by atoms with Gasteiger partial charge in [0.2, 0.25) is 0 Å². The maximum Gasteiger partial charge on any atom is 0.410 e. The number of aromatic nitrogens is 3. The zero-order chi connectivity index (χ0) is 22.7. The minimum absolute atomic E-state index is 0.119. The van der Waals surface area contributed by atoms with Gasteiger partial charge in [0.1, 0.15) is 11.4 Å². The largest absolute Gasteiger partial charge is 0.444 e. The van der Waals surface area contributed by atoms with E-state index in [0.29, 0.717) is 49.5 Å². The average Bonchev–Trinajstić information content (AvgIpc) is 2.91. The topological polar surface area (TPSA) is 69.5 Å². The molecule has 1 unspecified atom stereocenters. The highest BCUT2D eigenvalue weighted by Gasteiger charge is 2.29. The summed E-state index contributed by atoms with van der Waals surface area (Å²) < 4.78 is 13.5. The zero-order valence-corrected chi connectivity index (χ0v) is 20.0. The third-order valence-corrected chi connectivity index (χ3v) is 6.31. The second-order valence-electron chi connectivity index (χ2n) is 9.88. The second-order valence-corrected chi connectivity index (χ2v) is 10.3. The maximum absolute atomic E-state index is 12.7. The van der Waals surface area contributed by atoms with Crippen molar-refractivity contribution >= 4 is 17.7 Å². The summed E-state index contributed by atoms with van der Waals surface area (Å²) in [7, 11) is 0. The van der Waals surface area contributed by atoms with Gasteiger partial charge in [0.15, 0.2) is 5.82 Å². The van der Waals surface area contributed by atoms with Gasteiger partial charge in [0.05, 0.1) is 18.2 Å². The Labute approximate surface area is 195 Å². The van der Waals surface area contributed by atoms with Crippen LogP contribution in [0.2, 0.25) is 5.02 Å². The van der Waals surface area contributed by atoms with Gasteiger partial charge in [-0.1, -0.05) is 30.2 Å². The van der Waals surface area contributed by atoms with E-state index in [4.69, 9.17) is 31.2 Å². The van der Waals surface area contributed by atoms with Crippen LogP contribution < -0.4 is 0 Å². The summed E-state index contributed by atoms with van der Waals surface area (Å²) in [6.07, 6.45) is 4.15. The van der Waals surface area contributed by atoms with Crippen LogP contribution in [0.1, 0.15) is 45.9 Å². The summed E-state index contributed by atoms with van der Waals surface area (Å²) in [5.41, 5.74) is 0.322. The number of carbonyl (C=O) groups excluding carboxylic acids is 1. The Bertz CT molecular complexity index is 936. The molecule has 1 aromatic heterocycles. The van der Waals surface area contributed by atoms with Crippen molar-refractivity contribution in [3.63, 3.8) is 0 Å². The molecule has 1 saturated heterocycles. The van der Waals surface area contributed by atoms with Gasteiger partial charge in [-0.3, -0.25) is 0 Å². The number of amides is 1. The Balaban J connectivity index is 1.53. The molecule has 1 aromatic carbocycles. The molecular formula is C24H33ClN4O3. The van der Waals surface area contributed by atoms with Crippen molar-refractivity contribution in [2.24, 2.45) is 11.8 Å². The lowest BCUT2D eigenvalue weighted by atomic mass is 9.85. The molecular weight excluding hydrogens is 428 g/mol. The van der Waals surface area contributed by atoms with Crippen molar-refractivity contribution in [1.29, 1.82) is 0 Å². The number of halogens is 1. The lowest BCUT2D eigenvalue weighted by Crippen LogP contribution is -2.40. The summed E-state index contributed by atoms with van der Waals surface area (Å²) in [6.45, 7) is 8.72. The minimum atomic E-state index is -0.521. The predicted octanol–water partition coefficient (Wildman–Crippen LogP) is 4.82. The number of ether oxygens (including phenoxy) is 2. The Morgan fingerprint density at radius 1 is 1.25 bits per heavy atom. The van der Waals surface area contributed by atoms with Crippen LogP contribution >= 0.6 is 11.6 Å². The second kappa shape index (κ2) is 9.79. The van der Waals surface area contributed by atoms with E-state index < -0.39 is 5.60 Å². The normalized spacial score (nSPS) is 20.0. The summed E-state index contributed by atoms with van der Waals surface area (Å²) >= 11 is 6.42. The molecule has 1 amide bonds. The number of hydrogen-bond acceptors (Lipinski definition) is 5. The Hall–Kier alpha value is -2.12. The molecule has 0 bridgehead atoms. The van der Waals surface area contributed by atoms with Gasteiger partial charge in [0.25, 0.3) is 0 Å². The fourth-order valence-electron chi connectivity index (χ4n) is 4.10. The molecule has 8 heteroatoms. The highest BCUT2D eigenvalue weighted by molar-refractivity contribution is 6.33. The van der Waals surface area contributed by atoms with Crippen molar-refractivity contribution in [2.45, 2.75) is 58.6 Å². The average molecular weight is 461 g/mol. The molecule has 1 aliphatic heterocycles. The van der Waals surface area contributed by atoms with E-state index >= 15 is 0 Å². The van der Waals surface area contributed by atoms with Crippen molar-refractivity contribution in [2.75, 3.05) is 26.3 Å². The van der Waals surface area contributed by atoms with Crippen molar-refractivity contribution in [3.05, 3.63) is 35.1 Å². The molecule has 174 valence electrons. The molecule has 2 heterocycles. The van der Waals surface area contributed by atoms with Crippen LogP contribution in [-0.4, -0.2) is 57.7 Å². The molecule has 7 nitrogen and oxygen atoms in total. The lowest BCUT2D eigenvalue weighted by molar-refractivity contribution is 0.0233. The fourth-order valence-corrected chi connectivity index (χ4v) is 4.32. The van der Waals surface area contributed by atoms with E-state index in [-0.39, 0.29) is 12.0 Å². The highest BCUT2D eigenvalue weighted by atomic mass is 35.5. The first-order valence-electron chi connectivity index (χ1n) is 11.5. The van der Waals surface area contributed by atoms with Gasteiger partial charge in [-0.2, -0.15) is 5.10 Å². The minimum Gasteiger partial charge on any atom is -0.444 e. The third kappa shape index (κ3) is 5.81. The standard InChI is InChI=1S/C24H33ClN4O3/c1-24(2,3)32-23(30)28-11-12-31-16-18(14-28)13-21-26-22(19-9-4-5-10-20(19)25)27-29(21)15-17-7-6-8-17/h4-5,9-10,17-18H,6-8,11-16H2,1-3H3. The summed E-state index contributed by atoms with van der Waals surface area (Å²) in [5.74, 6) is 2.35. The molecule has 32 heavy (non-hydrogen) atoms. The highest BCUT2D eigenvalue weighted by Crippen LogP contribution is 2.30. The molecule has 0 N–H and O–H groups in total. The van der Waals surface area contributed by atoms with E-state index in [0.717, 1.165) is 17.9 Å². The Morgan fingerprint density at radius 3 is 2.72 bits per heavy atom. The molecule has 0 spiro atoms. The van der Waals surface area contributed by atoms with Crippen LogP contribution in [0.25, 0.3) is 11.4 Å². The molecule has 2 aromatic rings. The summed E-state index contributed by atoms with van der Waals surface area (Å²) in [5, 5.41) is 5.48. The zero-order valence-electron chi connectivity index (χ0n) is 19.2. The van der Waals surface area contributed by atoms with Crippen LogP contribution in [0.15, 0.2) is 24.3 Å². The van der Waals surface area contributed by atoms with Crippen molar-refractivity contribution < 1.29 is 14.3 Å². The Kier molecular flexibility index (Phi) is 7.05. The summed E-state index contributed by atoms with van der Waals surface area (Å²) in [4.78, 5) is 19.3. The van der Waals surface area contributed by atoms with Crippen LogP contribution in [0.4, 0.5) is 4.79 Å². The van der Waals surface area contributed by atoms with Gasteiger partial charge >= 0.3 is 6.09 Å². The number of benzene rings is 1. The van der Waals surface area contributed by atoms with Crippen molar-refractivity contribution in [1.82, 2.24) is 19.7 Å². The molecule has 1 aliphatic carbocycles. The molecule has 2 aliphatic rings. The van der Waals surface area contributed by atoms with E-state index in [1.165, 1.54) is 19.3 Å².